The van der Waals surface area contributed by atoms with Crippen molar-refractivity contribution < 1.29 is 9.59 Å². The lowest BCUT2D eigenvalue weighted by Crippen LogP contribution is -2.45. The molecule has 20 heavy (non-hydrogen) atoms. The van der Waals surface area contributed by atoms with E-state index in [2.05, 4.69) is 31.9 Å². The molecular weight excluding hydrogens is 322 g/mol. The number of nitrogens with one attached hydrogen (secondary N) is 3. The minimum absolute atomic E-state index is 0.0692. The third kappa shape index (κ3) is 4.85. The standard InChI is InChI=1S/C14H18BrN3O2/c15-10-5-7-11(8-6-10)16-9-13(19)18-14(20)17-12-3-1-2-4-12/h5-8,12,16H,1-4,9H2,(H2,17,18,19,20). The van der Waals surface area contributed by atoms with Gasteiger partial charge in [-0.05, 0) is 37.1 Å². The van der Waals surface area contributed by atoms with Gasteiger partial charge in [-0.15, -0.1) is 0 Å². The molecule has 1 aromatic carbocycles. The highest BCUT2D eigenvalue weighted by atomic mass is 79.9. The molecule has 108 valence electrons. The Morgan fingerprint density at radius 3 is 2.45 bits per heavy atom. The van der Waals surface area contributed by atoms with Crippen LogP contribution >= 0.6 is 15.9 Å². The number of imide groups is 1. The van der Waals surface area contributed by atoms with Gasteiger partial charge in [0.25, 0.3) is 0 Å². The average Bonchev–Trinajstić information content (AvgIpc) is 2.90. The summed E-state index contributed by atoms with van der Waals surface area (Å²) in [6.45, 7) is 0.0692. The van der Waals surface area contributed by atoms with Gasteiger partial charge in [0.15, 0.2) is 0 Å². The van der Waals surface area contributed by atoms with Crippen LogP contribution in [0.5, 0.6) is 0 Å². The van der Waals surface area contributed by atoms with Crippen molar-refractivity contribution in [2.75, 3.05) is 11.9 Å². The lowest BCUT2D eigenvalue weighted by Gasteiger charge is -2.12. The van der Waals surface area contributed by atoms with Crippen LogP contribution in [0.3, 0.4) is 0 Å². The third-order valence-corrected chi connectivity index (χ3v) is 3.77. The predicted octanol–water partition coefficient (Wildman–Crippen LogP) is 2.63. The van der Waals surface area contributed by atoms with Crippen LogP contribution in [0.1, 0.15) is 25.7 Å². The Morgan fingerprint density at radius 1 is 1.15 bits per heavy atom. The number of anilines is 1. The molecular formula is C14H18BrN3O2. The largest absolute Gasteiger partial charge is 0.376 e. The molecule has 0 aromatic heterocycles. The molecule has 3 N–H and O–H groups in total. The Balaban J connectivity index is 1.69. The number of carbonyl (C=O) groups is 2. The van der Waals surface area contributed by atoms with Crippen molar-refractivity contribution in [3.05, 3.63) is 28.7 Å². The van der Waals surface area contributed by atoms with Gasteiger partial charge in [-0.1, -0.05) is 28.8 Å². The molecule has 5 nitrogen and oxygen atoms in total. The van der Waals surface area contributed by atoms with Gasteiger partial charge in [0.05, 0.1) is 6.54 Å². The van der Waals surface area contributed by atoms with E-state index >= 15 is 0 Å². The first-order chi connectivity index (χ1) is 9.63. The fraction of sp³-hybridized carbons (Fsp3) is 0.429. The Bertz CT molecular complexity index is 470. The van der Waals surface area contributed by atoms with Gasteiger partial charge in [0, 0.05) is 16.2 Å². The van der Waals surface area contributed by atoms with Gasteiger partial charge in [0.2, 0.25) is 5.91 Å². The zero-order valence-electron chi connectivity index (χ0n) is 11.1. The van der Waals surface area contributed by atoms with Crippen LogP contribution in [0.4, 0.5) is 10.5 Å². The van der Waals surface area contributed by atoms with E-state index in [9.17, 15) is 9.59 Å². The zero-order chi connectivity index (χ0) is 14.4. The van der Waals surface area contributed by atoms with E-state index < -0.39 is 6.03 Å². The molecule has 0 saturated heterocycles. The molecule has 3 amide bonds. The van der Waals surface area contributed by atoms with Crippen LogP contribution in [0, 0.1) is 0 Å². The quantitative estimate of drug-likeness (QED) is 0.789. The number of rotatable bonds is 4. The van der Waals surface area contributed by atoms with Crippen LogP contribution < -0.4 is 16.0 Å². The fourth-order valence-electron chi connectivity index (χ4n) is 2.21. The van der Waals surface area contributed by atoms with E-state index in [1.165, 1.54) is 0 Å². The van der Waals surface area contributed by atoms with E-state index in [1.54, 1.807) is 0 Å². The molecule has 6 heteroatoms. The van der Waals surface area contributed by atoms with Crippen LogP contribution in [-0.2, 0) is 4.79 Å². The van der Waals surface area contributed by atoms with Gasteiger partial charge < -0.3 is 10.6 Å². The van der Waals surface area contributed by atoms with E-state index in [1.807, 2.05) is 24.3 Å². The summed E-state index contributed by atoms with van der Waals surface area (Å²) >= 11 is 3.34. The van der Waals surface area contributed by atoms with Crippen molar-refractivity contribution in [3.8, 4) is 0 Å². The summed E-state index contributed by atoms with van der Waals surface area (Å²) in [5, 5.41) is 8.10. The Labute approximate surface area is 126 Å². The maximum atomic E-state index is 11.6. The van der Waals surface area contributed by atoms with E-state index in [0.717, 1.165) is 35.8 Å². The number of urea groups is 1. The summed E-state index contributed by atoms with van der Waals surface area (Å²) in [6.07, 6.45) is 4.28. The summed E-state index contributed by atoms with van der Waals surface area (Å²) in [6, 6.07) is 7.29. The second-order valence-corrected chi connectivity index (χ2v) is 5.78. The number of benzene rings is 1. The Kier molecular flexibility index (Phi) is 5.40. The van der Waals surface area contributed by atoms with Gasteiger partial charge in [-0.3, -0.25) is 10.1 Å². The minimum Gasteiger partial charge on any atom is -0.376 e. The lowest BCUT2D eigenvalue weighted by atomic mass is 10.2. The lowest BCUT2D eigenvalue weighted by molar-refractivity contribution is -0.118. The Hall–Kier alpha value is -1.56. The van der Waals surface area contributed by atoms with E-state index in [0.29, 0.717) is 0 Å². The van der Waals surface area contributed by atoms with Crippen molar-refractivity contribution in [1.29, 1.82) is 0 Å². The first-order valence-corrected chi connectivity index (χ1v) is 7.52. The van der Waals surface area contributed by atoms with Gasteiger partial charge >= 0.3 is 6.03 Å². The van der Waals surface area contributed by atoms with Crippen molar-refractivity contribution >= 4 is 33.6 Å². The highest BCUT2D eigenvalue weighted by molar-refractivity contribution is 9.10. The minimum atomic E-state index is -0.403. The topological polar surface area (TPSA) is 70.2 Å². The molecule has 0 unspecified atom stereocenters. The first-order valence-electron chi connectivity index (χ1n) is 6.73. The van der Waals surface area contributed by atoms with Crippen molar-refractivity contribution in [1.82, 2.24) is 10.6 Å². The smallest absolute Gasteiger partial charge is 0.321 e. The Morgan fingerprint density at radius 2 is 1.80 bits per heavy atom. The summed E-state index contributed by atoms with van der Waals surface area (Å²) in [5.74, 6) is -0.344. The highest BCUT2D eigenvalue weighted by Crippen LogP contribution is 2.17. The molecule has 0 spiro atoms. The second kappa shape index (κ2) is 7.28. The van der Waals surface area contributed by atoms with Crippen LogP contribution in [0.2, 0.25) is 0 Å². The van der Waals surface area contributed by atoms with Gasteiger partial charge in [-0.25, -0.2) is 4.79 Å². The maximum Gasteiger partial charge on any atom is 0.321 e. The molecule has 0 atom stereocenters. The molecule has 0 aliphatic heterocycles. The first kappa shape index (κ1) is 14.8. The molecule has 0 radical (unpaired) electrons. The molecule has 0 bridgehead atoms. The van der Waals surface area contributed by atoms with E-state index in [4.69, 9.17) is 0 Å². The molecule has 1 saturated carbocycles. The monoisotopic (exact) mass is 339 g/mol. The van der Waals surface area contributed by atoms with Gasteiger partial charge in [-0.2, -0.15) is 0 Å². The molecule has 1 fully saturated rings. The number of carbonyl (C=O) groups excluding carboxylic acids is 2. The molecule has 2 rings (SSSR count). The molecule has 0 heterocycles. The summed E-state index contributed by atoms with van der Waals surface area (Å²) < 4.78 is 0.975. The summed E-state index contributed by atoms with van der Waals surface area (Å²) in [5.41, 5.74) is 0.833. The zero-order valence-corrected chi connectivity index (χ0v) is 12.7. The molecule has 1 aromatic rings. The van der Waals surface area contributed by atoms with Crippen molar-refractivity contribution in [3.63, 3.8) is 0 Å². The van der Waals surface area contributed by atoms with Crippen LogP contribution in [0.25, 0.3) is 0 Å². The third-order valence-electron chi connectivity index (χ3n) is 3.24. The van der Waals surface area contributed by atoms with Crippen LogP contribution in [0.15, 0.2) is 28.7 Å². The number of hydrogen-bond donors (Lipinski definition) is 3. The normalized spacial score (nSPS) is 14.8. The summed E-state index contributed by atoms with van der Waals surface area (Å²) in [7, 11) is 0. The fourth-order valence-corrected chi connectivity index (χ4v) is 2.48. The SMILES string of the molecule is O=C(CNc1ccc(Br)cc1)NC(=O)NC1CCCC1. The molecule has 1 aliphatic carbocycles. The van der Waals surface area contributed by atoms with Crippen molar-refractivity contribution in [2.45, 2.75) is 31.7 Å². The number of hydrogen-bond acceptors (Lipinski definition) is 3. The molecule has 1 aliphatic rings. The van der Waals surface area contributed by atoms with Crippen LogP contribution in [-0.4, -0.2) is 24.5 Å². The average molecular weight is 340 g/mol. The maximum absolute atomic E-state index is 11.6. The summed E-state index contributed by atoms with van der Waals surface area (Å²) in [4.78, 5) is 23.2. The number of halogens is 1. The number of amides is 3. The predicted molar refractivity (Wildman–Crippen MR) is 81.6 cm³/mol. The second-order valence-electron chi connectivity index (χ2n) is 4.86. The van der Waals surface area contributed by atoms with Crippen molar-refractivity contribution in [2.24, 2.45) is 0 Å². The highest BCUT2D eigenvalue weighted by Gasteiger charge is 2.17. The van der Waals surface area contributed by atoms with E-state index in [-0.39, 0.29) is 18.5 Å². The van der Waals surface area contributed by atoms with Gasteiger partial charge in [0.1, 0.15) is 0 Å².